The minimum Gasteiger partial charge on any atom is -0.493 e. The largest absolute Gasteiger partial charge is 0.493 e. The van der Waals surface area contributed by atoms with Crippen molar-refractivity contribution in [2.24, 2.45) is 5.92 Å². The number of carbonyl (C=O) groups is 3. The maximum atomic E-state index is 11.1. The van der Waals surface area contributed by atoms with Gasteiger partial charge < -0.3 is 10.4 Å². The summed E-state index contributed by atoms with van der Waals surface area (Å²) in [6.45, 7) is 0. The molecule has 0 aliphatic heterocycles. The highest BCUT2D eigenvalue weighted by molar-refractivity contribution is 5.89. The van der Waals surface area contributed by atoms with E-state index in [1.807, 2.05) is 0 Å². The van der Waals surface area contributed by atoms with Crippen molar-refractivity contribution < 1.29 is 19.5 Å². The van der Waals surface area contributed by atoms with Gasteiger partial charge in [-0.05, 0) is 12.3 Å². The van der Waals surface area contributed by atoms with Crippen LogP contribution in [0.25, 0.3) is 5.88 Å². The van der Waals surface area contributed by atoms with Crippen LogP contribution in [0.5, 0.6) is 0 Å². The van der Waals surface area contributed by atoms with Crippen LogP contribution in [0.1, 0.15) is 36.0 Å². The predicted octanol–water partition coefficient (Wildman–Crippen LogP) is 1.38. The number of rotatable bonds is 7. The molecule has 1 saturated carbocycles. The number of carbonyl (C=O) groups excluding carboxylic acids is 3. The van der Waals surface area contributed by atoms with Gasteiger partial charge in [-0.2, -0.15) is 9.78 Å². The zero-order valence-corrected chi connectivity index (χ0v) is 10.8. The lowest BCUT2D eigenvalue weighted by molar-refractivity contribution is -0.106. The van der Waals surface area contributed by atoms with Gasteiger partial charge in [-0.1, -0.05) is 19.3 Å². The summed E-state index contributed by atoms with van der Waals surface area (Å²) >= 11 is 0. The standard InChI is InChI=1S/C13H15N3O4/c17-6-10(4-9-2-1-3-9)13(20)16-12(14-8-19)11(7-18)5-15-16/h5-9,20H,1-4H2,(H,14,19)/b13-10-. The molecule has 0 unspecified atom stereocenters. The maximum absolute atomic E-state index is 11.1. The number of aliphatic hydroxyl groups is 1. The third-order valence-corrected chi connectivity index (χ3v) is 3.48. The van der Waals surface area contributed by atoms with Crippen molar-refractivity contribution in [3.8, 4) is 0 Å². The fourth-order valence-electron chi connectivity index (χ4n) is 2.14. The molecule has 0 radical (unpaired) electrons. The molecule has 0 spiro atoms. The number of aldehydes is 2. The molecule has 1 aliphatic rings. The highest BCUT2D eigenvalue weighted by Gasteiger charge is 2.22. The van der Waals surface area contributed by atoms with E-state index in [1.165, 1.54) is 6.20 Å². The van der Waals surface area contributed by atoms with Crippen molar-refractivity contribution in [3.05, 3.63) is 17.3 Å². The lowest BCUT2D eigenvalue weighted by Gasteiger charge is -2.25. The van der Waals surface area contributed by atoms with Crippen molar-refractivity contribution in [1.82, 2.24) is 9.78 Å². The second-order valence-corrected chi connectivity index (χ2v) is 4.71. The van der Waals surface area contributed by atoms with Crippen LogP contribution in [0.2, 0.25) is 0 Å². The average Bonchev–Trinajstić information content (AvgIpc) is 2.80. The molecule has 0 aromatic carbocycles. The van der Waals surface area contributed by atoms with Crippen LogP contribution in [0.15, 0.2) is 11.8 Å². The van der Waals surface area contributed by atoms with Gasteiger partial charge in [0.1, 0.15) is 5.82 Å². The highest BCUT2D eigenvalue weighted by Crippen LogP contribution is 2.33. The van der Waals surface area contributed by atoms with Gasteiger partial charge in [0.25, 0.3) is 0 Å². The van der Waals surface area contributed by atoms with Crippen molar-refractivity contribution in [2.75, 3.05) is 5.32 Å². The molecule has 1 aromatic heterocycles. The number of hydrogen-bond donors (Lipinski definition) is 2. The minimum absolute atomic E-state index is 0.0421. The predicted molar refractivity (Wildman–Crippen MR) is 71.2 cm³/mol. The summed E-state index contributed by atoms with van der Waals surface area (Å²) in [6, 6.07) is 0. The third kappa shape index (κ3) is 2.61. The molecule has 1 amide bonds. The molecule has 7 nitrogen and oxygen atoms in total. The molecular formula is C13H15N3O4. The first-order valence-electron chi connectivity index (χ1n) is 6.32. The SMILES string of the molecule is O=CNc1c(C=O)cnn1/C(O)=C(/C=O)CC1CCC1. The van der Waals surface area contributed by atoms with E-state index in [-0.39, 0.29) is 22.8 Å². The maximum Gasteiger partial charge on any atom is 0.220 e. The van der Waals surface area contributed by atoms with Crippen LogP contribution >= 0.6 is 0 Å². The molecule has 0 saturated heterocycles. The lowest BCUT2D eigenvalue weighted by atomic mass is 9.81. The fourth-order valence-corrected chi connectivity index (χ4v) is 2.14. The van der Waals surface area contributed by atoms with Gasteiger partial charge in [0, 0.05) is 0 Å². The number of anilines is 1. The molecule has 1 aromatic rings. The van der Waals surface area contributed by atoms with Crippen LogP contribution < -0.4 is 5.32 Å². The summed E-state index contributed by atoms with van der Waals surface area (Å²) in [5.74, 6) is 0.0748. The number of hydrogen-bond acceptors (Lipinski definition) is 5. The lowest BCUT2D eigenvalue weighted by Crippen LogP contribution is -2.15. The highest BCUT2D eigenvalue weighted by atomic mass is 16.3. The Balaban J connectivity index is 2.35. The molecule has 2 N–H and O–H groups in total. The van der Waals surface area contributed by atoms with Gasteiger partial charge in [0.05, 0.1) is 17.3 Å². The van der Waals surface area contributed by atoms with Crippen molar-refractivity contribution in [1.29, 1.82) is 0 Å². The molecule has 0 bridgehead atoms. The molecule has 1 fully saturated rings. The summed E-state index contributed by atoms with van der Waals surface area (Å²) < 4.78 is 0.987. The Hall–Kier alpha value is -2.44. The summed E-state index contributed by atoms with van der Waals surface area (Å²) in [5, 5.41) is 16.3. The van der Waals surface area contributed by atoms with E-state index in [2.05, 4.69) is 10.4 Å². The molecule has 20 heavy (non-hydrogen) atoms. The van der Waals surface area contributed by atoms with E-state index >= 15 is 0 Å². The van der Waals surface area contributed by atoms with E-state index in [1.54, 1.807) is 0 Å². The van der Waals surface area contributed by atoms with Crippen LogP contribution in [0, 0.1) is 5.92 Å². The van der Waals surface area contributed by atoms with Crippen molar-refractivity contribution in [3.63, 3.8) is 0 Å². The molecule has 106 valence electrons. The smallest absolute Gasteiger partial charge is 0.220 e. The van der Waals surface area contributed by atoms with Gasteiger partial charge in [-0.3, -0.25) is 14.4 Å². The number of nitrogens with zero attached hydrogens (tertiary/aromatic N) is 2. The van der Waals surface area contributed by atoms with Crippen molar-refractivity contribution in [2.45, 2.75) is 25.7 Å². The Morgan fingerprint density at radius 3 is 2.70 bits per heavy atom. The second-order valence-electron chi connectivity index (χ2n) is 4.71. The van der Waals surface area contributed by atoms with Crippen molar-refractivity contribution >= 4 is 30.7 Å². The average molecular weight is 277 g/mol. The minimum atomic E-state index is -0.357. The topological polar surface area (TPSA) is 101 Å². The van der Waals surface area contributed by atoms with Gasteiger partial charge in [-0.15, -0.1) is 0 Å². The van der Waals surface area contributed by atoms with E-state index in [0.717, 1.165) is 23.9 Å². The normalized spacial score (nSPS) is 16.0. The van der Waals surface area contributed by atoms with E-state index in [9.17, 15) is 19.5 Å². The Morgan fingerprint density at radius 1 is 1.45 bits per heavy atom. The second kappa shape index (κ2) is 6.14. The monoisotopic (exact) mass is 277 g/mol. The van der Waals surface area contributed by atoms with Gasteiger partial charge >= 0.3 is 0 Å². The van der Waals surface area contributed by atoms with Crippen LogP contribution in [0.3, 0.4) is 0 Å². The zero-order valence-electron chi connectivity index (χ0n) is 10.8. The molecule has 0 atom stereocenters. The Bertz CT molecular complexity index is 558. The number of nitrogens with one attached hydrogen (secondary N) is 1. The number of aromatic nitrogens is 2. The summed E-state index contributed by atoms with van der Waals surface area (Å²) in [7, 11) is 0. The number of amides is 1. The van der Waals surface area contributed by atoms with E-state index < -0.39 is 0 Å². The van der Waals surface area contributed by atoms with Gasteiger partial charge in [-0.25, -0.2) is 0 Å². The first kappa shape index (κ1) is 14.0. The molecule has 1 aliphatic carbocycles. The number of allylic oxidation sites excluding steroid dienone is 1. The Morgan fingerprint density at radius 2 is 2.20 bits per heavy atom. The summed E-state index contributed by atoms with van der Waals surface area (Å²) in [6.07, 6.45) is 6.33. The van der Waals surface area contributed by atoms with Crippen LogP contribution in [0.4, 0.5) is 5.82 Å². The molecular weight excluding hydrogens is 262 g/mol. The molecule has 2 rings (SSSR count). The van der Waals surface area contributed by atoms with Crippen LogP contribution in [-0.2, 0) is 9.59 Å². The van der Waals surface area contributed by atoms with E-state index in [0.29, 0.717) is 31.3 Å². The van der Waals surface area contributed by atoms with Gasteiger partial charge in [0.2, 0.25) is 12.3 Å². The molecule has 1 heterocycles. The fraction of sp³-hybridized carbons (Fsp3) is 0.385. The Labute approximate surface area is 115 Å². The van der Waals surface area contributed by atoms with Gasteiger partial charge in [0.15, 0.2) is 12.6 Å². The summed E-state index contributed by atoms with van der Waals surface area (Å²) in [5.41, 5.74) is 0.335. The summed E-state index contributed by atoms with van der Waals surface area (Å²) in [4.78, 5) is 32.5. The number of aliphatic hydroxyl groups excluding tert-OH is 1. The van der Waals surface area contributed by atoms with E-state index in [4.69, 9.17) is 0 Å². The first-order chi connectivity index (χ1) is 9.71. The zero-order chi connectivity index (χ0) is 14.5. The Kier molecular flexibility index (Phi) is 4.29. The molecule has 7 heteroatoms. The third-order valence-electron chi connectivity index (χ3n) is 3.48. The van der Waals surface area contributed by atoms with Crippen LogP contribution in [-0.4, -0.2) is 33.9 Å². The quantitative estimate of drug-likeness (QED) is 0.445. The first-order valence-corrected chi connectivity index (χ1v) is 6.32.